The molecule has 2 aromatic rings. The van der Waals surface area contributed by atoms with E-state index in [2.05, 4.69) is 5.32 Å². The van der Waals surface area contributed by atoms with Gasteiger partial charge < -0.3 is 15.2 Å². The number of carbonyl (C=O) groups excluding carboxylic acids is 1. The van der Waals surface area contributed by atoms with Crippen LogP contribution in [0.5, 0.6) is 5.75 Å². The summed E-state index contributed by atoms with van der Waals surface area (Å²) in [4.78, 5) is 11.5. The van der Waals surface area contributed by atoms with Crippen LogP contribution < -0.4 is 5.32 Å². The predicted molar refractivity (Wildman–Crippen MR) is 77.9 cm³/mol. The Morgan fingerprint density at radius 1 is 1.20 bits per heavy atom. The molecule has 1 atom stereocenters. The molecule has 2 rings (SSSR count). The van der Waals surface area contributed by atoms with Crippen LogP contribution in [0.2, 0.25) is 0 Å². The molecule has 2 aromatic carbocycles. The van der Waals surface area contributed by atoms with Gasteiger partial charge in [-0.3, -0.25) is 0 Å². The van der Waals surface area contributed by atoms with Gasteiger partial charge in [0.25, 0.3) is 0 Å². The molecule has 0 spiro atoms. The normalized spacial score (nSPS) is 11.7. The third-order valence-electron chi connectivity index (χ3n) is 3.04. The van der Waals surface area contributed by atoms with Crippen LogP contribution in [0.3, 0.4) is 0 Å². The number of anilines is 1. The van der Waals surface area contributed by atoms with Crippen molar-refractivity contribution in [1.29, 1.82) is 0 Å². The Labute approximate surface area is 118 Å². The Morgan fingerprint density at radius 3 is 2.65 bits per heavy atom. The highest BCUT2D eigenvalue weighted by Crippen LogP contribution is 2.22. The Morgan fingerprint density at radius 2 is 1.95 bits per heavy atom. The van der Waals surface area contributed by atoms with Crippen molar-refractivity contribution in [3.8, 4) is 5.75 Å². The maximum atomic E-state index is 11.5. The zero-order valence-electron chi connectivity index (χ0n) is 11.5. The van der Waals surface area contributed by atoms with Gasteiger partial charge in [-0.05, 0) is 42.8 Å². The fraction of sp³-hybridized carbons (Fsp3) is 0.188. The highest BCUT2D eigenvalue weighted by Gasteiger charge is 2.09. The minimum Gasteiger partial charge on any atom is -0.508 e. The number of benzene rings is 2. The molecule has 0 aliphatic carbocycles. The van der Waals surface area contributed by atoms with Gasteiger partial charge in [0, 0.05) is 11.7 Å². The molecular weight excluding hydrogens is 254 g/mol. The molecule has 104 valence electrons. The average molecular weight is 271 g/mol. The Kier molecular flexibility index (Phi) is 4.25. The van der Waals surface area contributed by atoms with Gasteiger partial charge in [0.05, 0.1) is 12.7 Å². The van der Waals surface area contributed by atoms with E-state index in [1.165, 1.54) is 7.11 Å². The van der Waals surface area contributed by atoms with Gasteiger partial charge >= 0.3 is 5.97 Å². The Hall–Kier alpha value is -2.49. The lowest BCUT2D eigenvalue weighted by molar-refractivity contribution is 0.0601. The van der Waals surface area contributed by atoms with Crippen LogP contribution in [0, 0.1) is 0 Å². The van der Waals surface area contributed by atoms with Crippen molar-refractivity contribution in [2.24, 2.45) is 0 Å². The second-order valence-electron chi connectivity index (χ2n) is 4.53. The highest BCUT2D eigenvalue weighted by atomic mass is 16.5. The molecule has 0 fully saturated rings. The molecule has 20 heavy (non-hydrogen) atoms. The van der Waals surface area contributed by atoms with Crippen LogP contribution in [0.15, 0.2) is 48.5 Å². The average Bonchev–Trinajstić information content (AvgIpc) is 2.46. The van der Waals surface area contributed by atoms with E-state index in [1.807, 2.05) is 19.1 Å². The first-order chi connectivity index (χ1) is 9.60. The maximum Gasteiger partial charge on any atom is 0.337 e. The molecule has 0 amide bonds. The number of phenolic OH excluding ortho intramolecular Hbond substituents is 1. The molecule has 2 N–H and O–H groups in total. The van der Waals surface area contributed by atoms with E-state index in [9.17, 15) is 9.90 Å². The summed E-state index contributed by atoms with van der Waals surface area (Å²) in [6.07, 6.45) is 0. The fourth-order valence-corrected chi connectivity index (χ4v) is 1.98. The monoisotopic (exact) mass is 271 g/mol. The van der Waals surface area contributed by atoms with Crippen molar-refractivity contribution in [3.05, 3.63) is 59.7 Å². The van der Waals surface area contributed by atoms with Gasteiger partial charge in [-0.2, -0.15) is 0 Å². The molecule has 0 saturated carbocycles. The van der Waals surface area contributed by atoms with Crippen molar-refractivity contribution < 1.29 is 14.6 Å². The van der Waals surface area contributed by atoms with E-state index in [0.717, 1.165) is 11.3 Å². The van der Waals surface area contributed by atoms with Crippen molar-refractivity contribution >= 4 is 11.7 Å². The van der Waals surface area contributed by atoms with Gasteiger partial charge in [0.15, 0.2) is 0 Å². The molecular formula is C16H17NO3. The number of nitrogens with one attached hydrogen (secondary N) is 1. The van der Waals surface area contributed by atoms with Crippen LogP contribution in [-0.4, -0.2) is 18.2 Å². The lowest BCUT2D eigenvalue weighted by Gasteiger charge is -2.16. The van der Waals surface area contributed by atoms with Crippen LogP contribution in [0.4, 0.5) is 5.69 Å². The van der Waals surface area contributed by atoms with Crippen molar-refractivity contribution in [3.63, 3.8) is 0 Å². The number of methoxy groups -OCH3 is 1. The molecule has 4 nitrogen and oxygen atoms in total. The number of phenols is 1. The van der Waals surface area contributed by atoms with Crippen molar-refractivity contribution in [2.75, 3.05) is 12.4 Å². The Balaban J connectivity index is 2.15. The van der Waals surface area contributed by atoms with Crippen molar-refractivity contribution in [1.82, 2.24) is 0 Å². The van der Waals surface area contributed by atoms with Crippen LogP contribution in [0.25, 0.3) is 0 Å². The van der Waals surface area contributed by atoms with Crippen LogP contribution in [-0.2, 0) is 4.74 Å². The topological polar surface area (TPSA) is 58.6 Å². The molecule has 0 aliphatic heterocycles. The molecule has 0 heterocycles. The van der Waals surface area contributed by atoms with Crippen LogP contribution in [0.1, 0.15) is 28.9 Å². The highest BCUT2D eigenvalue weighted by molar-refractivity contribution is 5.90. The molecule has 0 bridgehead atoms. The van der Waals surface area contributed by atoms with E-state index in [4.69, 9.17) is 4.74 Å². The second kappa shape index (κ2) is 6.10. The summed E-state index contributed by atoms with van der Waals surface area (Å²) in [5.74, 6) is -0.127. The molecule has 4 heteroatoms. The van der Waals surface area contributed by atoms with Crippen molar-refractivity contribution in [2.45, 2.75) is 13.0 Å². The lowest BCUT2D eigenvalue weighted by atomic mass is 10.1. The number of hydrogen-bond acceptors (Lipinski definition) is 4. The maximum absolute atomic E-state index is 11.5. The SMILES string of the molecule is COC(=O)c1cccc(NC(C)c2cccc(O)c2)c1. The zero-order valence-corrected chi connectivity index (χ0v) is 11.5. The number of carbonyl (C=O) groups is 1. The van der Waals surface area contributed by atoms with Gasteiger partial charge in [-0.1, -0.05) is 18.2 Å². The molecule has 0 radical (unpaired) electrons. The third-order valence-corrected chi connectivity index (χ3v) is 3.04. The summed E-state index contributed by atoms with van der Waals surface area (Å²) in [5.41, 5.74) is 2.29. The summed E-state index contributed by atoms with van der Waals surface area (Å²) >= 11 is 0. The number of hydrogen-bond donors (Lipinski definition) is 2. The lowest BCUT2D eigenvalue weighted by Crippen LogP contribution is -2.08. The first kappa shape index (κ1) is 13.9. The summed E-state index contributed by atoms with van der Waals surface area (Å²) in [6, 6.07) is 14.2. The Bertz CT molecular complexity index is 610. The van der Waals surface area contributed by atoms with E-state index >= 15 is 0 Å². The summed E-state index contributed by atoms with van der Waals surface area (Å²) < 4.78 is 4.70. The quantitative estimate of drug-likeness (QED) is 0.837. The number of rotatable bonds is 4. The minimum atomic E-state index is -0.362. The molecule has 0 aliphatic rings. The largest absolute Gasteiger partial charge is 0.508 e. The number of aromatic hydroxyl groups is 1. The minimum absolute atomic E-state index is 0.00926. The zero-order chi connectivity index (χ0) is 14.5. The van der Waals surface area contributed by atoms with Gasteiger partial charge in [0.2, 0.25) is 0 Å². The number of esters is 1. The number of ether oxygens (including phenoxy) is 1. The van der Waals surface area contributed by atoms with E-state index in [-0.39, 0.29) is 17.8 Å². The van der Waals surface area contributed by atoms with E-state index in [0.29, 0.717) is 5.56 Å². The summed E-state index contributed by atoms with van der Waals surface area (Å²) in [7, 11) is 1.36. The first-order valence-corrected chi connectivity index (χ1v) is 6.34. The van der Waals surface area contributed by atoms with E-state index in [1.54, 1.807) is 36.4 Å². The van der Waals surface area contributed by atoms with Crippen LogP contribution >= 0.6 is 0 Å². The summed E-state index contributed by atoms with van der Waals surface area (Å²) in [5, 5.41) is 12.8. The predicted octanol–water partition coefficient (Wildman–Crippen LogP) is 3.35. The van der Waals surface area contributed by atoms with Gasteiger partial charge in [0.1, 0.15) is 5.75 Å². The van der Waals surface area contributed by atoms with Gasteiger partial charge in [-0.15, -0.1) is 0 Å². The second-order valence-corrected chi connectivity index (χ2v) is 4.53. The smallest absolute Gasteiger partial charge is 0.337 e. The molecule has 0 saturated heterocycles. The van der Waals surface area contributed by atoms with Gasteiger partial charge in [-0.25, -0.2) is 4.79 Å². The summed E-state index contributed by atoms with van der Waals surface area (Å²) in [6.45, 7) is 1.99. The fourth-order valence-electron chi connectivity index (χ4n) is 1.98. The van der Waals surface area contributed by atoms with E-state index < -0.39 is 0 Å². The first-order valence-electron chi connectivity index (χ1n) is 6.34. The standard InChI is InChI=1S/C16H17NO3/c1-11(12-5-4-8-15(18)10-12)17-14-7-3-6-13(9-14)16(19)20-2/h3-11,17-18H,1-2H3. The molecule has 1 unspecified atom stereocenters. The molecule has 0 aromatic heterocycles. The third kappa shape index (κ3) is 3.29.